The summed E-state index contributed by atoms with van der Waals surface area (Å²) >= 11 is 5.78. The number of hydrogen-bond donors (Lipinski definition) is 0. The standard InChI is InChI=1S/C18H18ClFN2O4/c1-24-11-18(23)22(9-12-4-2-3-5-14(12)20)10-13-8-15(21-26-13)16-6-7-17(19)25-16/h2-7,13H,8-11H2,1H3/t13-/m1/s1. The molecule has 26 heavy (non-hydrogen) atoms. The molecular weight excluding hydrogens is 363 g/mol. The summed E-state index contributed by atoms with van der Waals surface area (Å²) in [6.07, 6.45) is 0.0965. The monoisotopic (exact) mass is 380 g/mol. The number of carbonyl (C=O) groups is 1. The molecule has 0 unspecified atom stereocenters. The first kappa shape index (κ1) is 18.4. The van der Waals surface area contributed by atoms with E-state index >= 15 is 0 Å². The first-order valence-electron chi connectivity index (χ1n) is 8.05. The SMILES string of the molecule is COCC(=O)N(Cc1ccccc1F)C[C@H]1CC(c2ccc(Cl)o2)=NO1. The van der Waals surface area contributed by atoms with Gasteiger partial charge in [-0.05, 0) is 29.8 Å². The van der Waals surface area contributed by atoms with Gasteiger partial charge < -0.3 is 18.9 Å². The molecule has 0 bridgehead atoms. The van der Waals surface area contributed by atoms with E-state index in [2.05, 4.69) is 5.16 Å². The van der Waals surface area contributed by atoms with Crippen molar-refractivity contribution in [3.8, 4) is 0 Å². The van der Waals surface area contributed by atoms with Gasteiger partial charge in [0.25, 0.3) is 0 Å². The molecule has 0 fully saturated rings. The van der Waals surface area contributed by atoms with Gasteiger partial charge in [0, 0.05) is 25.6 Å². The Bertz CT molecular complexity index is 808. The molecule has 1 amide bonds. The predicted octanol–water partition coefficient (Wildman–Crippen LogP) is 3.24. The minimum atomic E-state index is -0.364. The Morgan fingerprint density at radius 1 is 1.38 bits per heavy atom. The number of amides is 1. The number of oxime groups is 1. The number of benzene rings is 1. The molecule has 1 aromatic heterocycles. The molecule has 0 aliphatic carbocycles. The van der Waals surface area contributed by atoms with Crippen LogP contribution in [0.15, 0.2) is 46.0 Å². The van der Waals surface area contributed by atoms with E-state index in [1.807, 2.05) is 0 Å². The first-order chi connectivity index (χ1) is 12.6. The third-order valence-electron chi connectivity index (χ3n) is 3.95. The third-order valence-corrected chi connectivity index (χ3v) is 4.16. The van der Waals surface area contributed by atoms with Crippen LogP contribution in [-0.2, 0) is 20.9 Å². The zero-order valence-corrected chi connectivity index (χ0v) is 14.9. The summed E-state index contributed by atoms with van der Waals surface area (Å²) in [5, 5.41) is 4.27. The molecule has 0 saturated heterocycles. The van der Waals surface area contributed by atoms with Crippen LogP contribution in [-0.4, -0.2) is 42.9 Å². The topological polar surface area (TPSA) is 64.3 Å². The van der Waals surface area contributed by atoms with Gasteiger partial charge in [-0.1, -0.05) is 23.4 Å². The van der Waals surface area contributed by atoms with E-state index in [0.29, 0.717) is 23.5 Å². The van der Waals surface area contributed by atoms with E-state index in [1.165, 1.54) is 18.1 Å². The van der Waals surface area contributed by atoms with Crippen LogP contribution in [0.1, 0.15) is 17.7 Å². The second kappa shape index (κ2) is 8.33. The van der Waals surface area contributed by atoms with Crippen molar-refractivity contribution in [3.63, 3.8) is 0 Å². The molecule has 1 aliphatic heterocycles. The number of furan rings is 1. The van der Waals surface area contributed by atoms with Crippen LogP contribution in [0, 0.1) is 5.82 Å². The molecule has 2 aromatic rings. The summed E-state index contributed by atoms with van der Waals surface area (Å²) in [5.74, 6) is -0.0903. The van der Waals surface area contributed by atoms with Crippen molar-refractivity contribution in [2.45, 2.75) is 19.1 Å². The van der Waals surface area contributed by atoms with Gasteiger partial charge in [0.05, 0.1) is 6.54 Å². The van der Waals surface area contributed by atoms with E-state index in [1.54, 1.807) is 30.3 Å². The zero-order valence-electron chi connectivity index (χ0n) is 14.2. The lowest BCUT2D eigenvalue weighted by molar-refractivity contribution is -0.137. The Hall–Kier alpha value is -2.38. The summed E-state index contributed by atoms with van der Waals surface area (Å²) in [6, 6.07) is 9.67. The lowest BCUT2D eigenvalue weighted by Crippen LogP contribution is -2.39. The highest BCUT2D eigenvalue weighted by Crippen LogP contribution is 2.22. The van der Waals surface area contributed by atoms with Gasteiger partial charge in [0.15, 0.2) is 17.1 Å². The Kier molecular flexibility index (Phi) is 5.90. The molecule has 6 nitrogen and oxygen atoms in total. The minimum absolute atomic E-state index is 0.0946. The van der Waals surface area contributed by atoms with Gasteiger partial charge in [-0.15, -0.1) is 0 Å². The maximum Gasteiger partial charge on any atom is 0.248 e. The fraction of sp³-hybridized carbons (Fsp3) is 0.333. The molecule has 1 aromatic carbocycles. The van der Waals surface area contributed by atoms with Crippen molar-refractivity contribution in [1.29, 1.82) is 0 Å². The highest BCUT2D eigenvalue weighted by molar-refractivity contribution is 6.29. The molecular formula is C18H18ClFN2O4. The van der Waals surface area contributed by atoms with Crippen LogP contribution in [0.5, 0.6) is 0 Å². The molecule has 3 rings (SSSR count). The van der Waals surface area contributed by atoms with E-state index in [9.17, 15) is 9.18 Å². The van der Waals surface area contributed by atoms with Gasteiger partial charge in [-0.3, -0.25) is 4.79 Å². The van der Waals surface area contributed by atoms with Crippen molar-refractivity contribution >= 4 is 23.2 Å². The van der Waals surface area contributed by atoms with Crippen LogP contribution in [0.3, 0.4) is 0 Å². The second-order valence-electron chi connectivity index (χ2n) is 5.87. The van der Waals surface area contributed by atoms with Crippen molar-refractivity contribution in [2.75, 3.05) is 20.3 Å². The lowest BCUT2D eigenvalue weighted by Gasteiger charge is -2.25. The number of rotatable bonds is 7. The largest absolute Gasteiger partial charge is 0.443 e. The summed E-state index contributed by atoms with van der Waals surface area (Å²) < 4.78 is 24.2. The molecule has 2 heterocycles. The molecule has 8 heteroatoms. The number of hydrogen-bond acceptors (Lipinski definition) is 5. The summed E-state index contributed by atoms with van der Waals surface area (Å²) in [4.78, 5) is 19.3. The van der Waals surface area contributed by atoms with E-state index in [0.717, 1.165) is 0 Å². The maximum atomic E-state index is 14.0. The molecule has 0 N–H and O–H groups in total. The smallest absolute Gasteiger partial charge is 0.248 e. The van der Waals surface area contributed by atoms with Gasteiger partial charge in [-0.2, -0.15) is 0 Å². The van der Waals surface area contributed by atoms with Crippen LogP contribution >= 0.6 is 11.6 Å². The minimum Gasteiger partial charge on any atom is -0.443 e. The fourth-order valence-corrected chi connectivity index (χ4v) is 2.83. The summed E-state index contributed by atoms with van der Waals surface area (Å²) in [5.41, 5.74) is 1.04. The van der Waals surface area contributed by atoms with E-state index < -0.39 is 0 Å². The molecule has 138 valence electrons. The molecule has 0 saturated carbocycles. The number of halogens is 2. The quantitative estimate of drug-likeness (QED) is 0.739. The Morgan fingerprint density at radius 3 is 2.88 bits per heavy atom. The second-order valence-corrected chi connectivity index (χ2v) is 6.24. The Labute approximate surface area is 155 Å². The Balaban J connectivity index is 1.67. The molecule has 1 aliphatic rings. The third kappa shape index (κ3) is 4.42. The van der Waals surface area contributed by atoms with Gasteiger partial charge >= 0.3 is 0 Å². The van der Waals surface area contributed by atoms with Crippen molar-refractivity contribution < 1.29 is 23.2 Å². The van der Waals surface area contributed by atoms with Crippen LogP contribution < -0.4 is 0 Å². The predicted molar refractivity (Wildman–Crippen MR) is 93.4 cm³/mol. The normalized spacial score (nSPS) is 16.3. The Morgan fingerprint density at radius 2 is 2.19 bits per heavy atom. The molecule has 0 radical (unpaired) electrons. The fourth-order valence-electron chi connectivity index (χ4n) is 2.69. The van der Waals surface area contributed by atoms with E-state index in [-0.39, 0.29) is 42.7 Å². The average molecular weight is 381 g/mol. The highest BCUT2D eigenvalue weighted by Gasteiger charge is 2.28. The summed E-state index contributed by atoms with van der Waals surface area (Å²) in [6.45, 7) is 0.275. The molecule has 1 atom stereocenters. The van der Waals surface area contributed by atoms with Crippen molar-refractivity contribution in [1.82, 2.24) is 4.90 Å². The van der Waals surface area contributed by atoms with Crippen molar-refractivity contribution in [2.24, 2.45) is 5.16 Å². The van der Waals surface area contributed by atoms with Gasteiger partial charge in [-0.25, -0.2) is 4.39 Å². The lowest BCUT2D eigenvalue weighted by atomic mass is 10.1. The van der Waals surface area contributed by atoms with Crippen LogP contribution in [0.2, 0.25) is 5.22 Å². The maximum absolute atomic E-state index is 14.0. The first-order valence-corrected chi connectivity index (χ1v) is 8.43. The van der Waals surface area contributed by atoms with Crippen LogP contribution in [0.25, 0.3) is 0 Å². The number of nitrogens with zero attached hydrogens (tertiary/aromatic N) is 2. The number of carbonyl (C=O) groups excluding carboxylic acids is 1. The number of methoxy groups -OCH3 is 1. The van der Waals surface area contributed by atoms with Gasteiger partial charge in [0.2, 0.25) is 5.91 Å². The average Bonchev–Trinajstić information content (AvgIpc) is 3.25. The summed E-state index contributed by atoms with van der Waals surface area (Å²) in [7, 11) is 1.44. The zero-order chi connectivity index (χ0) is 18.5. The molecule has 0 spiro atoms. The van der Waals surface area contributed by atoms with Gasteiger partial charge in [0.1, 0.15) is 18.1 Å². The van der Waals surface area contributed by atoms with E-state index in [4.69, 9.17) is 25.6 Å². The number of ether oxygens (including phenoxy) is 1. The van der Waals surface area contributed by atoms with Crippen molar-refractivity contribution in [3.05, 3.63) is 58.8 Å². The highest BCUT2D eigenvalue weighted by atomic mass is 35.5. The van der Waals surface area contributed by atoms with Crippen LogP contribution in [0.4, 0.5) is 4.39 Å².